The summed E-state index contributed by atoms with van der Waals surface area (Å²) in [5.74, 6) is 0.0491. The van der Waals surface area contributed by atoms with Gasteiger partial charge in [-0.05, 0) is 26.0 Å². The molecule has 0 N–H and O–H groups in total. The molecule has 0 aromatic carbocycles. The van der Waals surface area contributed by atoms with Crippen molar-refractivity contribution in [2.24, 2.45) is 0 Å². The number of hydrogen-bond acceptors (Lipinski definition) is 2. The van der Waals surface area contributed by atoms with Crippen molar-refractivity contribution in [3.63, 3.8) is 0 Å². The lowest BCUT2D eigenvalue weighted by molar-refractivity contribution is 0.0802. The van der Waals surface area contributed by atoms with E-state index >= 15 is 0 Å². The molecule has 3 nitrogen and oxygen atoms in total. The second-order valence-electron chi connectivity index (χ2n) is 3.01. The standard InChI is InChI=1S/C10H14N2O/c1-4-12(3)10(13)9-5-6-11-8(2)7-9/h5-7H,4H2,1-3H3. The zero-order valence-electron chi connectivity index (χ0n) is 8.24. The van der Waals surface area contributed by atoms with Crippen molar-refractivity contribution in [3.05, 3.63) is 29.6 Å². The number of rotatable bonds is 2. The minimum absolute atomic E-state index is 0.0491. The Hall–Kier alpha value is -1.38. The number of amides is 1. The van der Waals surface area contributed by atoms with Crippen LogP contribution < -0.4 is 0 Å². The predicted octanol–water partition coefficient (Wildman–Crippen LogP) is 1.48. The fraction of sp³-hybridized carbons (Fsp3) is 0.400. The van der Waals surface area contributed by atoms with Gasteiger partial charge in [0.25, 0.3) is 5.91 Å². The molecule has 0 bridgehead atoms. The average Bonchev–Trinajstić information content (AvgIpc) is 2.15. The van der Waals surface area contributed by atoms with Crippen molar-refractivity contribution in [3.8, 4) is 0 Å². The molecule has 70 valence electrons. The lowest BCUT2D eigenvalue weighted by Gasteiger charge is -2.14. The molecule has 0 saturated heterocycles. The molecule has 0 saturated carbocycles. The van der Waals surface area contributed by atoms with Gasteiger partial charge in [-0.15, -0.1) is 0 Å². The van der Waals surface area contributed by atoms with Crippen LogP contribution in [0.4, 0.5) is 0 Å². The van der Waals surface area contributed by atoms with E-state index in [0.717, 1.165) is 12.2 Å². The molecular weight excluding hydrogens is 164 g/mol. The quantitative estimate of drug-likeness (QED) is 0.687. The fourth-order valence-electron chi connectivity index (χ4n) is 1.04. The first-order valence-corrected chi connectivity index (χ1v) is 4.33. The maximum Gasteiger partial charge on any atom is 0.253 e. The zero-order chi connectivity index (χ0) is 9.84. The highest BCUT2D eigenvalue weighted by molar-refractivity contribution is 5.93. The topological polar surface area (TPSA) is 33.2 Å². The summed E-state index contributed by atoms with van der Waals surface area (Å²) in [6, 6.07) is 3.54. The smallest absolute Gasteiger partial charge is 0.253 e. The van der Waals surface area contributed by atoms with E-state index in [1.165, 1.54) is 0 Å². The highest BCUT2D eigenvalue weighted by atomic mass is 16.2. The van der Waals surface area contributed by atoms with Crippen LogP contribution in [0.5, 0.6) is 0 Å². The Kier molecular flexibility index (Phi) is 3.01. The van der Waals surface area contributed by atoms with Gasteiger partial charge in [0.15, 0.2) is 0 Å². The lowest BCUT2D eigenvalue weighted by atomic mass is 10.2. The Morgan fingerprint density at radius 3 is 2.85 bits per heavy atom. The Balaban J connectivity index is 2.89. The van der Waals surface area contributed by atoms with Gasteiger partial charge in [-0.3, -0.25) is 9.78 Å². The van der Waals surface area contributed by atoms with E-state index in [4.69, 9.17) is 0 Å². The van der Waals surface area contributed by atoms with Crippen molar-refractivity contribution in [1.29, 1.82) is 0 Å². The van der Waals surface area contributed by atoms with E-state index in [2.05, 4.69) is 4.98 Å². The molecule has 3 heteroatoms. The molecular formula is C10H14N2O. The number of pyridine rings is 1. The van der Waals surface area contributed by atoms with Crippen LogP contribution in [-0.2, 0) is 0 Å². The molecule has 1 aromatic heterocycles. The summed E-state index contributed by atoms with van der Waals surface area (Å²) in [5, 5.41) is 0. The third kappa shape index (κ3) is 2.28. The third-order valence-electron chi connectivity index (χ3n) is 1.96. The number of hydrogen-bond donors (Lipinski definition) is 0. The summed E-state index contributed by atoms with van der Waals surface area (Å²) in [6.45, 7) is 4.55. The summed E-state index contributed by atoms with van der Waals surface area (Å²) in [6.07, 6.45) is 1.66. The summed E-state index contributed by atoms with van der Waals surface area (Å²) in [7, 11) is 1.79. The first kappa shape index (κ1) is 9.71. The summed E-state index contributed by atoms with van der Waals surface area (Å²) < 4.78 is 0. The van der Waals surface area contributed by atoms with Crippen LogP contribution in [0, 0.1) is 6.92 Å². The maximum absolute atomic E-state index is 11.6. The molecule has 0 radical (unpaired) electrons. The minimum Gasteiger partial charge on any atom is -0.342 e. The second-order valence-corrected chi connectivity index (χ2v) is 3.01. The number of aryl methyl sites for hydroxylation is 1. The van der Waals surface area contributed by atoms with Crippen molar-refractivity contribution < 1.29 is 4.79 Å². The van der Waals surface area contributed by atoms with Gasteiger partial charge in [0.1, 0.15) is 0 Å². The van der Waals surface area contributed by atoms with Crippen LogP contribution in [0.1, 0.15) is 23.0 Å². The van der Waals surface area contributed by atoms with Crippen molar-refractivity contribution in [2.75, 3.05) is 13.6 Å². The largest absolute Gasteiger partial charge is 0.342 e. The van der Waals surface area contributed by atoms with E-state index in [9.17, 15) is 4.79 Å². The molecule has 0 aliphatic rings. The highest BCUT2D eigenvalue weighted by Gasteiger charge is 2.09. The molecule has 1 amide bonds. The fourth-order valence-corrected chi connectivity index (χ4v) is 1.04. The Labute approximate surface area is 78.4 Å². The average molecular weight is 178 g/mol. The molecule has 0 aliphatic carbocycles. The van der Waals surface area contributed by atoms with Crippen LogP contribution in [0.2, 0.25) is 0 Å². The normalized spacial score (nSPS) is 9.77. The van der Waals surface area contributed by atoms with Crippen LogP contribution in [-0.4, -0.2) is 29.4 Å². The minimum atomic E-state index is 0.0491. The van der Waals surface area contributed by atoms with E-state index in [1.807, 2.05) is 13.8 Å². The first-order valence-electron chi connectivity index (χ1n) is 4.33. The van der Waals surface area contributed by atoms with Gasteiger partial charge in [-0.25, -0.2) is 0 Å². The first-order chi connectivity index (χ1) is 6.15. The molecule has 0 atom stereocenters. The van der Waals surface area contributed by atoms with Crippen molar-refractivity contribution >= 4 is 5.91 Å². The third-order valence-corrected chi connectivity index (χ3v) is 1.96. The van der Waals surface area contributed by atoms with Gasteiger partial charge in [0, 0.05) is 31.0 Å². The van der Waals surface area contributed by atoms with E-state index in [-0.39, 0.29) is 5.91 Å². The molecule has 1 aromatic rings. The highest BCUT2D eigenvalue weighted by Crippen LogP contribution is 2.03. The summed E-state index contributed by atoms with van der Waals surface area (Å²) in [4.78, 5) is 17.3. The molecule has 1 rings (SSSR count). The SMILES string of the molecule is CCN(C)C(=O)c1ccnc(C)c1. The number of aromatic nitrogens is 1. The molecule has 1 heterocycles. The zero-order valence-corrected chi connectivity index (χ0v) is 8.24. The van der Waals surface area contributed by atoms with Gasteiger partial charge in [-0.2, -0.15) is 0 Å². The molecule has 13 heavy (non-hydrogen) atoms. The molecule has 0 fully saturated rings. The van der Waals surface area contributed by atoms with E-state index in [1.54, 1.807) is 30.3 Å². The van der Waals surface area contributed by atoms with Gasteiger partial charge in [0.2, 0.25) is 0 Å². The summed E-state index contributed by atoms with van der Waals surface area (Å²) in [5.41, 5.74) is 1.58. The van der Waals surface area contributed by atoms with Gasteiger partial charge in [-0.1, -0.05) is 0 Å². The van der Waals surface area contributed by atoms with Crippen molar-refractivity contribution in [1.82, 2.24) is 9.88 Å². The Morgan fingerprint density at radius 1 is 1.62 bits per heavy atom. The van der Waals surface area contributed by atoms with Gasteiger partial charge < -0.3 is 4.90 Å². The lowest BCUT2D eigenvalue weighted by Crippen LogP contribution is -2.26. The molecule has 0 aliphatic heterocycles. The van der Waals surface area contributed by atoms with Crippen LogP contribution >= 0.6 is 0 Å². The molecule has 0 unspecified atom stereocenters. The Morgan fingerprint density at radius 2 is 2.31 bits per heavy atom. The van der Waals surface area contributed by atoms with E-state index in [0.29, 0.717) is 5.56 Å². The monoisotopic (exact) mass is 178 g/mol. The van der Waals surface area contributed by atoms with Gasteiger partial charge in [0.05, 0.1) is 0 Å². The second kappa shape index (κ2) is 4.03. The maximum atomic E-state index is 11.6. The van der Waals surface area contributed by atoms with Crippen LogP contribution in [0.15, 0.2) is 18.3 Å². The molecule has 0 spiro atoms. The predicted molar refractivity (Wildman–Crippen MR) is 51.6 cm³/mol. The van der Waals surface area contributed by atoms with Crippen LogP contribution in [0.25, 0.3) is 0 Å². The van der Waals surface area contributed by atoms with E-state index < -0.39 is 0 Å². The Bertz CT molecular complexity index is 310. The number of nitrogens with zero attached hydrogens (tertiary/aromatic N) is 2. The van der Waals surface area contributed by atoms with Gasteiger partial charge >= 0.3 is 0 Å². The van der Waals surface area contributed by atoms with Crippen LogP contribution in [0.3, 0.4) is 0 Å². The number of carbonyl (C=O) groups is 1. The summed E-state index contributed by atoms with van der Waals surface area (Å²) >= 11 is 0. The van der Waals surface area contributed by atoms with Crippen molar-refractivity contribution in [2.45, 2.75) is 13.8 Å². The number of carbonyl (C=O) groups excluding carboxylic acids is 1.